The van der Waals surface area contributed by atoms with Crippen LogP contribution in [0, 0.1) is 0 Å². The molecule has 2 unspecified atom stereocenters. The summed E-state index contributed by atoms with van der Waals surface area (Å²) in [5.41, 5.74) is 1.12. The van der Waals surface area contributed by atoms with Gasteiger partial charge in [0.25, 0.3) is 0 Å². The Morgan fingerprint density at radius 2 is 2.04 bits per heavy atom. The molecular formula is C19H25NO4. The number of nitrogens with zero attached hydrogens (tertiary/aromatic N) is 1. The van der Waals surface area contributed by atoms with Crippen LogP contribution in [0.4, 0.5) is 0 Å². The minimum Gasteiger partial charge on any atom is -0.493 e. The van der Waals surface area contributed by atoms with Gasteiger partial charge in [-0.1, -0.05) is 18.2 Å². The number of fused-ring (bicyclic) bond motifs is 1. The van der Waals surface area contributed by atoms with Crippen molar-refractivity contribution in [2.75, 3.05) is 13.2 Å². The smallest absolute Gasteiger partial charge is 0.303 e. The molecule has 5 heteroatoms. The highest BCUT2D eigenvalue weighted by Crippen LogP contribution is 2.36. The van der Waals surface area contributed by atoms with Gasteiger partial charge in [-0.3, -0.25) is 9.59 Å². The van der Waals surface area contributed by atoms with E-state index in [4.69, 9.17) is 9.84 Å². The molecule has 2 heterocycles. The van der Waals surface area contributed by atoms with Crippen molar-refractivity contribution in [2.45, 2.75) is 56.9 Å². The largest absolute Gasteiger partial charge is 0.493 e. The summed E-state index contributed by atoms with van der Waals surface area (Å²) in [6.07, 6.45) is 5.05. The van der Waals surface area contributed by atoms with Crippen molar-refractivity contribution in [3.63, 3.8) is 0 Å². The second-order valence-electron chi connectivity index (χ2n) is 6.75. The highest BCUT2D eigenvalue weighted by atomic mass is 16.5. The third kappa shape index (κ3) is 3.89. The number of benzene rings is 1. The normalized spacial score (nSPS) is 23.2. The van der Waals surface area contributed by atoms with Crippen LogP contribution in [0.25, 0.3) is 0 Å². The first-order valence-corrected chi connectivity index (χ1v) is 8.88. The van der Waals surface area contributed by atoms with Crippen molar-refractivity contribution < 1.29 is 19.4 Å². The van der Waals surface area contributed by atoms with E-state index in [2.05, 4.69) is 0 Å². The molecule has 1 saturated heterocycles. The van der Waals surface area contributed by atoms with Crippen LogP contribution >= 0.6 is 0 Å². The third-order valence-electron chi connectivity index (χ3n) is 5.14. The number of carbonyl (C=O) groups excluding carboxylic acids is 1. The lowest BCUT2D eigenvalue weighted by atomic mass is 9.89. The van der Waals surface area contributed by atoms with Gasteiger partial charge in [0.05, 0.1) is 6.61 Å². The number of carboxylic acids is 1. The average Bonchev–Trinajstić information content (AvgIpc) is 2.60. The monoisotopic (exact) mass is 331 g/mol. The maximum Gasteiger partial charge on any atom is 0.303 e. The summed E-state index contributed by atoms with van der Waals surface area (Å²) < 4.78 is 5.68. The molecule has 1 fully saturated rings. The number of carboxylic acid groups (broad SMARTS) is 1. The van der Waals surface area contributed by atoms with Crippen molar-refractivity contribution in [1.82, 2.24) is 4.90 Å². The van der Waals surface area contributed by atoms with E-state index in [0.29, 0.717) is 19.4 Å². The number of carbonyl (C=O) groups is 2. The summed E-state index contributed by atoms with van der Waals surface area (Å²) in [4.78, 5) is 25.7. The Bertz CT molecular complexity index is 601. The number of amides is 1. The highest BCUT2D eigenvalue weighted by molar-refractivity contribution is 5.78. The van der Waals surface area contributed by atoms with Crippen LogP contribution in [-0.2, 0) is 9.59 Å². The standard InChI is InChI=1S/C19H25NO4/c21-18(20-11-4-3-5-15(20)8-9-19(22)23)13-14-10-12-24-17-7-2-1-6-16(14)17/h1-2,6-7,14-15H,3-5,8-13H2,(H,22,23). The molecule has 24 heavy (non-hydrogen) atoms. The van der Waals surface area contributed by atoms with Gasteiger partial charge in [0.1, 0.15) is 5.75 Å². The summed E-state index contributed by atoms with van der Waals surface area (Å²) in [5.74, 6) is 0.463. The maximum absolute atomic E-state index is 12.9. The van der Waals surface area contributed by atoms with Crippen LogP contribution in [0.5, 0.6) is 5.75 Å². The third-order valence-corrected chi connectivity index (χ3v) is 5.14. The number of ether oxygens (including phenoxy) is 1. The zero-order valence-corrected chi connectivity index (χ0v) is 13.9. The number of hydrogen-bond donors (Lipinski definition) is 1. The van der Waals surface area contributed by atoms with Crippen molar-refractivity contribution in [3.05, 3.63) is 29.8 Å². The molecule has 3 rings (SSSR count). The first kappa shape index (κ1) is 16.8. The fourth-order valence-corrected chi connectivity index (χ4v) is 3.88. The molecule has 2 aliphatic rings. The molecule has 1 aromatic rings. The van der Waals surface area contributed by atoms with E-state index in [1.54, 1.807) is 0 Å². The van der Waals surface area contributed by atoms with Gasteiger partial charge in [-0.05, 0) is 49.7 Å². The van der Waals surface area contributed by atoms with Crippen molar-refractivity contribution in [3.8, 4) is 5.75 Å². The molecule has 0 radical (unpaired) electrons. The Kier molecular flexibility index (Phi) is 5.38. The molecule has 0 aliphatic carbocycles. The van der Waals surface area contributed by atoms with Crippen LogP contribution < -0.4 is 4.74 Å². The summed E-state index contributed by atoms with van der Waals surface area (Å²) in [5, 5.41) is 8.92. The second-order valence-corrected chi connectivity index (χ2v) is 6.75. The number of para-hydroxylation sites is 1. The number of piperidine rings is 1. The molecule has 1 aromatic carbocycles. The Labute approximate surface area is 142 Å². The van der Waals surface area contributed by atoms with E-state index >= 15 is 0 Å². The summed E-state index contributed by atoms with van der Waals surface area (Å²) in [6.45, 7) is 1.41. The average molecular weight is 331 g/mol. The summed E-state index contributed by atoms with van der Waals surface area (Å²) >= 11 is 0. The van der Waals surface area contributed by atoms with Crippen LogP contribution in [0.15, 0.2) is 24.3 Å². The summed E-state index contributed by atoms with van der Waals surface area (Å²) in [6, 6.07) is 8.03. The van der Waals surface area contributed by atoms with Gasteiger partial charge in [0.15, 0.2) is 0 Å². The lowest BCUT2D eigenvalue weighted by molar-refractivity contribution is -0.140. The molecular weight excluding hydrogens is 306 g/mol. The van der Waals surface area contributed by atoms with Gasteiger partial charge in [-0.25, -0.2) is 0 Å². The van der Waals surface area contributed by atoms with Crippen molar-refractivity contribution in [1.29, 1.82) is 0 Å². The van der Waals surface area contributed by atoms with Gasteiger partial charge in [-0.2, -0.15) is 0 Å². The molecule has 0 saturated carbocycles. The SMILES string of the molecule is O=C(O)CCC1CCCCN1C(=O)CC1CCOc2ccccc21. The fourth-order valence-electron chi connectivity index (χ4n) is 3.88. The van der Waals surface area contributed by atoms with Gasteiger partial charge in [0, 0.05) is 25.4 Å². The zero-order chi connectivity index (χ0) is 16.9. The lowest BCUT2D eigenvalue weighted by Crippen LogP contribution is -2.44. The van der Waals surface area contributed by atoms with Crippen molar-refractivity contribution >= 4 is 11.9 Å². The summed E-state index contributed by atoms with van der Waals surface area (Å²) in [7, 11) is 0. The molecule has 1 N–H and O–H groups in total. The van der Waals surface area contributed by atoms with E-state index < -0.39 is 5.97 Å². The van der Waals surface area contributed by atoms with E-state index in [9.17, 15) is 9.59 Å². The number of aliphatic carboxylic acids is 1. The molecule has 1 amide bonds. The zero-order valence-electron chi connectivity index (χ0n) is 13.9. The van der Waals surface area contributed by atoms with Gasteiger partial charge < -0.3 is 14.7 Å². The Morgan fingerprint density at radius 1 is 1.21 bits per heavy atom. The Morgan fingerprint density at radius 3 is 2.88 bits per heavy atom. The molecule has 0 bridgehead atoms. The number of likely N-dealkylation sites (tertiary alicyclic amines) is 1. The second kappa shape index (κ2) is 7.69. The Hall–Kier alpha value is -2.04. The van der Waals surface area contributed by atoms with Crippen LogP contribution in [-0.4, -0.2) is 41.1 Å². The van der Waals surface area contributed by atoms with Crippen LogP contribution in [0.3, 0.4) is 0 Å². The van der Waals surface area contributed by atoms with Gasteiger partial charge in [-0.15, -0.1) is 0 Å². The quantitative estimate of drug-likeness (QED) is 0.900. The van der Waals surface area contributed by atoms with Crippen molar-refractivity contribution in [2.24, 2.45) is 0 Å². The predicted octanol–water partition coefficient (Wildman–Crippen LogP) is 3.19. The first-order valence-electron chi connectivity index (χ1n) is 8.88. The molecule has 0 aromatic heterocycles. The van der Waals surface area contributed by atoms with Crippen LogP contribution in [0.2, 0.25) is 0 Å². The van der Waals surface area contributed by atoms with E-state index in [-0.39, 0.29) is 24.3 Å². The maximum atomic E-state index is 12.9. The topological polar surface area (TPSA) is 66.8 Å². The van der Waals surface area contributed by atoms with Crippen LogP contribution in [0.1, 0.15) is 56.4 Å². The minimum atomic E-state index is -0.786. The van der Waals surface area contributed by atoms with Gasteiger partial charge >= 0.3 is 5.97 Å². The molecule has 130 valence electrons. The van der Waals surface area contributed by atoms with Gasteiger partial charge in [0.2, 0.25) is 5.91 Å². The molecule has 2 atom stereocenters. The lowest BCUT2D eigenvalue weighted by Gasteiger charge is -2.37. The predicted molar refractivity (Wildman–Crippen MR) is 90.1 cm³/mol. The fraction of sp³-hybridized carbons (Fsp3) is 0.579. The first-order chi connectivity index (χ1) is 11.6. The molecule has 0 spiro atoms. The number of hydrogen-bond acceptors (Lipinski definition) is 3. The molecule has 2 aliphatic heterocycles. The van der Waals surface area contributed by atoms with E-state index in [1.807, 2.05) is 29.2 Å². The van der Waals surface area contributed by atoms with E-state index in [1.165, 1.54) is 0 Å². The number of rotatable bonds is 5. The highest BCUT2D eigenvalue weighted by Gasteiger charge is 2.30. The van der Waals surface area contributed by atoms with E-state index in [0.717, 1.165) is 43.5 Å². The Balaban J connectivity index is 1.66. The minimum absolute atomic E-state index is 0.0810. The molecule has 5 nitrogen and oxygen atoms in total.